The summed E-state index contributed by atoms with van der Waals surface area (Å²) < 4.78 is 0. The van der Waals surface area contributed by atoms with E-state index in [0.717, 1.165) is 24.2 Å². The molecule has 0 unspecified atom stereocenters. The summed E-state index contributed by atoms with van der Waals surface area (Å²) in [5.41, 5.74) is 6.54. The second-order valence-corrected chi connectivity index (χ2v) is 8.48. The lowest BCUT2D eigenvalue weighted by atomic mass is 10.0. The van der Waals surface area contributed by atoms with Crippen molar-refractivity contribution < 1.29 is 9.59 Å². The second kappa shape index (κ2) is 9.27. The summed E-state index contributed by atoms with van der Waals surface area (Å²) in [5.74, 6) is -0.186. The topological polar surface area (TPSA) is 52.6 Å². The van der Waals surface area contributed by atoms with E-state index in [9.17, 15) is 9.59 Å². The SMILES string of the molecule is Cc1ccc(C)c(CN2CCCN(c3ccc(C)cc3NC(=O)c3ccccc3)C2=O)c1. The van der Waals surface area contributed by atoms with Crippen LogP contribution < -0.4 is 10.2 Å². The van der Waals surface area contributed by atoms with Crippen LogP contribution in [0.1, 0.15) is 39.0 Å². The van der Waals surface area contributed by atoms with Crippen LogP contribution in [0.5, 0.6) is 0 Å². The summed E-state index contributed by atoms with van der Waals surface area (Å²) in [6.45, 7) is 8.06. The predicted molar refractivity (Wildman–Crippen MR) is 129 cm³/mol. The van der Waals surface area contributed by atoms with Crippen molar-refractivity contribution in [2.45, 2.75) is 33.7 Å². The van der Waals surface area contributed by atoms with E-state index in [-0.39, 0.29) is 11.9 Å². The molecular formula is C27H29N3O2. The lowest BCUT2D eigenvalue weighted by Crippen LogP contribution is -2.49. The molecule has 0 saturated carbocycles. The molecule has 0 aromatic heterocycles. The summed E-state index contributed by atoms with van der Waals surface area (Å²) in [6.07, 6.45) is 0.872. The van der Waals surface area contributed by atoms with E-state index >= 15 is 0 Å². The van der Waals surface area contributed by atoms with Crippen molar-refractivity contribution in [1.82, 2.24) is 4.90 Å². The van der Waals surface area contributed by atoms with Crippen LogP contribution in [-0.4, -0.2) is 29.9 Å². The molecular weight excluding hydrogens is 398 g/mol. The van der Waals surface area contributed by atoms with Gasteiger partial charge in [0.15, 0.2) is 0 Å². The largest absolute Gasteiger partial charge is 0.324 e. The van der Waals surface area contributed by atoms with Crippen LogP contribution in [-0.2, 0) is 6.54 Å². The number of hydrogen-bond donors (Lipinski definition) is 1. The van der Waals surface area contributed by atoms with E-state index in [4.69, 9.17) is 0 Å². The molecule has 0 aliphatic carbocycles. The smallest absolute Gasteiger partial charge is 0.320 e. The third-order valence-electron chi connectivity index (χ3n) is 5.90. The lowest BCUT2D eigenvalue weighted by molar-refractivity contribution is 0.102. The normalized spacial score (nSPS) is 13.9. The maximum atomic E-state index is 13.5. The molecule has 0 radical (unpaired) electrons. The first kappa shape index (κ1) is 21.6. The van der Waals surface area contributed by atoms with Crippen LogP contribution >= 0.6 is 0 Å². The Morgan fingerprint density at radius 1 is 0.906 bits per heavy atom. The molecule has 5 nitrogen and oxygen atoms in total. The Labute approximate surface area is 189 Å². The van der Waals surface area contributed by atoms with Gasteiger partial charge in [-0.2, -0.15) is 0 Å². The fourth-order valence-corrected chi connectivity index (χ4v) is 4.10. The van der Waals surface area contributed by atoms with Gasteiger partial charge in [0.1, 0.15) is 0 Å². The molecule has 4 rings (SSSR count). The minimum Gasteiger partial charge on any atom is -0.320 e. The third kappa shape index (κ3) is 4.67. The van der Waals surface area contributed by atoms with Crippen LogP contribution in [0.25, 0.3) is 0 Å². The van der Waals surface area contributed by atoms with E-state index in [1.165, 1.54) is 16.7 Å². The van der Waals surface area contributed by atoms with E-state index in [1.54, 1.807) is 17.0 Å². The quantitative estimate of drug-likeness (QED) is 0.568. The lowest BCUT2D eigenvalue weighted by Gasteiger charge is -2.37. The fourth-order valence-electron chi connectivity index (χ4n) is 4.10. The van der Waals surface area contributed by atoms with E-state index in [2.05, 4.69) is 37.4 Å². The first-order valence-electron chi connectivity index (χ1n) is 11.0. The number of rotatable bonds is 5. The van der Waals surface area contributed by atoms with Crippen molar-refractivity contribution >= 4 is 23.3 Å². The average molecular weight is 428 g/mol. The summed E-state index contributed by atoms with van der Waals surface area (Å²) in [7, 11) is 0. The second-order valence-electron chi connectivity index (χ2n) is 8.48. The molecule has 164 valence electrons. The first-order valence-corrected chi connectivity index (χ1v) is 11.0. The number of carbonyl (C=O) groups is 2. The number of nitrogens with one attached hydrogen (secondary N) is 1. The molecule has 5 heteroatoms. The predicted octanol–water partition coefficient (Wildman–Crippen LogP) is 5.70. The molecule has 3 aromatic carbocycles. The minimum absolute atomic E-state index is 0.0313. The van der Waals surface area contributed by atoms with Gasteiger partial charge in [0.2, 0.25) is 0 Å². The first-order chi connectivity index (χ1) is 15.4. The number of nitrogens with zero attached hydrogens (tertiary/aromatic N) is 2. The number of benzene rings is 3. The number of carbonyl (C=O) groups excluding carboxylic acids is 2. The Morgan fingerprint density at radius 2 is 1.62 bits per heavy atom. The van der Waals surface area contributed by atoms with Gasteiger partial charge < -0.3 is 10.2 Å². The number of amides is 3. The average Bonchev–Trinajstić information content (AvgIpc) is 2.79. The molecule has 1 fully saturated rings. The van der Waals surface area contributed by atoms with Crippen molar-refractivity contribution in [1.29, 1.82) is 0 Å². The summed E-state index contributed by atoms with van der Waals surface area (Å²) in [4.78, 5) is 29.9. The molecule has 0 atom stereocenters. The Hall–Kier alpha value is -3.60. The third-order valence-corrected chi connectivity index (χ3v) is 5.90. The van der Waals surface area contributed by atoms with Gasteiger partial charge in [0.05, 0.1) is 11.4 Å². The van der Waals surface area contributed by atoms with Crippen molar-refractivity contribution in [3.05, 3.63) is 94.5 Å². The highest BCUT2D eigenvalue weighted by atomic mass is 16.2. The molecule has 1 N–H and O–H groups in total. The Kier molecular flexibility index (Phi) is 6.26. The molecule has 3 amide bonds. The van der Waals surface area contributed by atoms with Gasteiger partial charge in [-0.15, -0.1) is 0 Å². The van der Waals surface area contributed by atoms with E-state index < -0.39 is 0 Å². The zero-order chi connectivity index (χ0) is 22.7. The Bertz CT molecular complexity index is 1140. The molecule has 1 saturated heterocycles. The molecule has 32 heavy (non-hydrogen) atoms. The highest BCUT2D eigenvalue weighted by molar-refractivity contribution is 6.07. The fraction of sp³-hybridized carbons (Fsp3) is 0.259. The number of aryl methyl sites for hydroxylation is 3. The molecule has 3 aromatic rings. The van der Waals surface area contributed by atoms with Crippen LogP contribution in [0.15, 0.2) is 66.7 Å². The van der Waals surface area contributed by atoms with Gasteiger partial charge in [-0.3, -0.25) is 9.69 Å². The van der Waals surface area contributed by atoms with Crippen molar-refractivity contribution in [2.24, 2.45) is 0 Å². The number of anilines is 2. The van der Waals surface area contributed by atoms with E-state index in [1.807, 2.05) is 48.2 Å². The van der Waals surface area contributed by atoms with Crippen LogP contribution in [0, 0.1) is 20.8 Å². The number of hydrogen-bond acceptors (Lipinski definition) is 2. The molecule has 0 bridgehead atoms. The van der Waals surface area contributed by atoms with Gasteiger partial charge in [-0.25, -0.2) is 4.79 Å². The standard InChI is InChI=1S/C27H29N3O2/c1-19-10-12-21(3)23(16-19)18-29-14-7-15-30(27(29)32)25-13-11-20(2)17-24(25)28-26(31)22-8-5-4-6-9-22/h4-6,8-13,16-17H,7,14-15,18H2,1-3H3,(H,28,31). The van der Waals surface area contributed by atoms with Gasteiger partial charge in [-0.1, -0.05) is 48.0 Å². The van der Waals surface area contributed by atoms with E-state index in [0.29, 0.717) is 24.3 Å². The minimum atomic E-state index is -0.186. The summed E-state index contributed by atoms with van der Waals surface area (Å²) in [6, 6.07) is 21.3. The van der Waals surface area contributed by atoms with Crippen LogP contribution in [0.2, 0.25) is 0 Å². The Morgan fingerprint density at radius 3 is 2.41 bits per heavy atom. The monoisotopic (exact) mass is 427 g/mol. The van der Waals surface area contributed by atoms with Gasteiger partial charge in [-0.05, 0) is 68.1 Å². The van der Waals surface area contributed by atoms with Gasteiger partial charge >= 0.3 is 6.03 Å². The maximum absolute atomic E-state index is 13.5. The molecule has 1 aliphatic heterocycles. The molecule has 1 heterocycles. The zero-order valence-electron chi connectivity index (χ0n) is 18.9. The maximum Gasteiger partial charge on any atom is 0.324 e. The molecule has 0 spiro atoms. The zero-order valence-corrected chi connectivity index (χ0v) is 18.9. The van der Waals surface area contributed by atoms with Crippen molar-refractivity contribution in [3.8, 4) is 0 Å². The van der Waals surface area contributed by atoms with Crippen molar-refractivity contribution in [2.75, 3.05) is 23.3 Å². The molecule has 1 aliphatic rings. The van der Waals surface area contributed by atoms with Gasteiger partial charge in [0.25, 0.3) is 5.91 Å². The highest BCUT2D eigenvalue weighted by Crippen LogP contribution is 2.31. The summed E-state index contributed by atoms with van der Waals surface area (Å²) >= 11 is 0. The number of urea groups is 1. The Balaban J connectivity index is 1.59. The van der Waals surface area contributed by atoms with Gasteiger partial charge in [0, 0.05) is 25.2 Å². The summed E-state index contributed by atoms with van der Waals surface area (Å²) in [5, 5.41) is 3.02. The highest BCUT2D eigenvalue weighted by Gasteiger charge is 2.29. The van der Waals surface area contributed by atoms with Crippen LogP contribution in [0.4, 0.5) is 16.2 Å². The van der Waals surface area contributed by atoms with Crippen LogP contribution in [0.3, 0.4) is 0 Å². The van der Waals surface area contributed by atoms with Crippen molar-refractivity contribution in [3.63, 3.8) is 0 Å².